The van der Waals surface area contributed by atoms with Crippen LogP contribution in [0.5, 0.6) is 0 Å². The molecule has 4 heterocycles. The number of morpholine rings is 1. The standard InChI is InChI=1S/C17H22N6O/c1-14-3-4-15(21-20-14)22-9-5-17(6-10-22)13-23(11-12-24-17)16-18-7-2-8-19-16/h2-4,7-8H,5-6,9-13H2,1H3. The van der Waals surface area contributed by atoms with Crippen LogP contribution >= 0.6 is 0 Å². The second-order valence-electron chi connectivity index (χ2n) is 6.52. The highest BCUT2D eigenvalue weighted by molar-refractivity contribution is 5.39. The second-order valence-corrected chi connectivity index (χ2v) is 6.52. The van der Waals surface area contributed by atoms with Crippen molar-refractivity contribution in [2.24, 2.45) is 0 Å². The molecule has 7 nitrogen and oxygen atoms in total. The van der Waals surface area contributed by atoms with Crippen LogP contribution < -0.4 is 9.80 Å². The molecule has 0 aromatic carbocycles. The molecule has 0 bridgehead atoms. The molecule has 2 aliphatic heterocycles. The Labute approximate surface area is 141 Å². The maximum Gasteiger partial charge on any atom is 0.225 e. The zero-order valence-corrected chi connectivity index (χ0v) is 13.9. The SMILES string of the molecule is Cc1ccc(N2CCC3(CC2)CN(c2ncccn2)CCO3)nn1. The van der Waals surface area contributed by atoms with Crippen molar-refractivity contribution >= 4 is 11.8 Å². The average molecular weight is 326 g/mol. The lowest BCUT2D eigenvalue weighted by molar-refractivity contribution is -0.0708. The number of anilines is 2. The number of hydrogen-bond donors (Lipinski definition) is 0. The van der Waals surface area contributed by atoms with Crippen molar-refractivity contribution in [2.75, 3.05) is 42.6 Å². The highest BCUT2D eigenvalue weighted by Crippen LogP contribution is 2.32. The largest absolute Gasteiger partial charge is 0.371 e. The number of ether oxygens (including phenoxy) is 1. The molecule has 24 heavy (non-hydrogen) atoms. The molecular weight excluding hydrogens is 304 g/mol. The van der Waals surface area contributed by atoms with Crippen LogP contribution in [0.2, 0.25) is 0 Å². The Bertz CT molecular complexity index is 669. The second kappa shape index (κ2) is 6.32. The fourth-order valence-electron chi connectivity index (χ4n) is 3.48. The third-order valence-corrected chi connectivity index (χ3v) is 4.87. The summed E-state index contributed by atoms with van der Waals surface area (Å²) in [5.41, 5.74) is 0.841. The third kappa shape index (κ3) is 3.03. The first-order valence-electron chi connectivity index (χ1n) is 8.45. The van der Waals surface area contributed by atoms with Gasteiger partial charge < -0.3 is 14.5 Å². The average Bonchev–Trinajstić information content (AvgIpc) is 2.64. The van der Waals surface area contributed by atoms with Crippen LogP contribution in [-0.4, -0.2) is 58.6 Å². The van der Waals surface area contributed by atoms with E-state index in [4.69, 9.17) is 4.74 Å². The van der Waals surface area contributed by atoms with E-state index in [9.17, 15) is 0 Å². The van der Waals surface area contributed by atoms with Crippen molar-refractivity contribution in [3.63, 3.8) is 0 Å². The molecule has 2 aliphatic rings. The molecule has 2 saturated heterocycles. The summed E-state index contributed by atoms with van der Waals surface area (Å²) < 4.78 is 6.20. The van der Waals surface area contributed by atoms with Crippen molar-refractivity contribution in [3.05, 3.63) is 36.3 Å². The van der Waals surface area contributed by atoms with Crippen LogP contribution in [0.1, 0.15) is 18.5 Å². The first-order valence-corrected chi connectivity index (χ1v) is 8.45. The van der Waals surface area contributed by atoms with E-state index < -0.39 is 0 Å². The predicted octanol–water partition coefficient (Wildman–Crippen LogP) is 1.45. The van der Waals surface area contributed by atoms with Crippen LogP contribution in [-0.2, 0) is 4.74 Å². The fourth-order valence-corrected chi connectivity index (χ4v) is 3.48. The summed E-state index contributed by atoms with van der Waals surface area (Å²) in [6.45, 7) is 6.24. The lowest BCUT2D eigenvalue weighted by Gasteiger charge is -2.47. The van der Waals surface area contributed by atoms with E-state index in [0.717, 1.165) is 63.1 Å². The van der Waals surface area contributed by atoms with E-state index >= 15 is 0 Å². The number of aryl methyl sites for hydroxylation is 1. The van der Waals surface area contributed by atoms with E-state index in [1.165, 1.54) is 0 Å². The Morgan fingerprint density at radius 1 is 1.00 bits per heavy atom. The number of nitrogens with zero attached hydrogens (tertiary/aromatic N) is 6. The first-order chi connectivity index (χ1) is 11.7. The van der Waals surface area contributed by atoms with Crippen molar-refractivity contribution in [2.45, 2.75) is 25.4 Å². The molecule has 2 fully saturated rings. The van der Waals surface area contributed by atoms with Gasteiger partial charge in [-0.15, -0.1) is 5.10 Å². The maximum atomic E-state index is 6.20. The molecule has 0 saturated carbocycles. The van der Waals surface area contributed by atoms with E-state index in [2.05, 4.69) is 30.0 Å². The molecule has 2 aromatic rings. The van der Waals surface area contributed by atoms with Gasteiger partial charge in [0.1, 0.15) is 0 Å². The van der Waals surface area contributed by atoms with E-state index in [1.54, 1.807) is 12.4 Å². The minimum Gasteiger partial charge on any atom is -0.371 e. The van der Waals surface area contributed by atoms with Gasteiger partial charge in [-0.05, 0) is 38.0 Å². The van der Waals surface area contributed by atoms with Gasteiger partial charge in [-0.25, -0.2) is 9.97 Å². The van der Waals surface area contributed by atoms with Crippen molar-refractivity contribution in [1.29, 1.82) is 0 Å². The molecule has 126 valence electrons. The van der Waals surface area contributed by atoms with Gasteiger partial charge in [-0.2, -0.15) is 5.10 Å². The molecular formula is C17H22N6O. The Morgan fingerprint density at radius 3 is 2.50 bits per heavy atom. The molecule has 2 aromatic heterocycles. The Kier molecular flexibility index (Phi) is 4.02. The third-order valence-electron chi connectivity index (χ3n) is 4.87. The summed E-state index contributed by atoms with van der Waals surface area (Å²) in [6, 6.07) is 5.91. The fraction of sp³-hybridized carbons (Fsp3) is 0.529. The number of hydrogen-bond acceptors (Lipinski definition) is 7. The molecule has 1 spiro atoms. The minimum atomic E-state index is -0.105. The Balaban J connectivity index is 1.43. The highest BCUT2D eigenvalue weighted by atomic mass is 16.5. The monoisotopic (exact) mass is 326 g/mol. The molecule has 0 unspecified atom stereocenters. The molecule has 0 radical (unpaired) electrons. The molecule has 0 N–H and O–H groups in total. The number of rotatable bonds is 2. The molecule has 0 amide bonds. The van der Waals surface area contributed by atoms with E-state index in [-0.39, 0.29) is 5.60 Å². The molecule has 0 aliphatic carbocycles. The van der Waals surface area contributed by atoms with Gasteiger partial charge in [-0.1, -0.05) is 0 Å². The molecule has 4 rings (SSSR count). The summed E-state index contributed by atoms with van der Waals surface area (Å²) in [4.78, 5) is 13.3. The van der Waals surface area contributed by atoms with Gasteiger partial charge in [0, 0.05) is 32.0 Å². The number of aromatic nitrogens is 4. The van der Waals surface area contributed by atoms with Crippen LogP contribution in [0, 0.1) is 6.92 Å². The predicted molar refractivity (Wildman–Crippen MR) is 91.1 cm³/mol. The topological polar surface area (TPSA) is 67.3 Å². The smallest absolute Gasteiger partial charge is 0.225 e. The first kappa shape index (κ1) is 15.3. The van der Waals surface area contributed by atoms with Gasteiger partial charge >= 0.3 is 0 Å². The summed E-state index contributed by atoms with van der Waals surface area (Å²) in [5.74, 6) is 1.75. The Hall–Kier alpha value is -2.28. The van der Waals surface area contributed by atoms with E-state index in [0.29, 0.717) is 0 Å². The van der Waals surface area contributed by atoms with Gasteiger partial charge in [0.2, 0.25) is 5.95 Å². The highest BCUT2D eigenvalue weighted by Gasteiger charge is 2.40. The summed E-state index contributed by atoms with van der Waals surface area (Å²) >= 11 is 0. The lowest BCUT2D eigenvalue weighted by Crippen LogP contribution is -2.57. The van der Waals surface area contributed by atoms with Crippen molar-refractivity contribution in [3.8, 4) is 0 Å². The summed E-state index contributed by atoms with van der Waals surface area (Å²) in [7, 11) is 0. The van der Waals surface area contributed by atoms with Crippen LogP contribution in [0.3, 0.4) is 0 Å². The normalized spacial score (nSPS) is 20.4. The summed E-state index contributed by atoms with van der Waals surface area (Å²) in [6.07, 6.45) is 5.55. The van der Waals surface area contributed by atoms with Gasteiger partial charge in [-0.3, -0.25) is 0 Å². The van der Waals surface area contributed by atoms with Crippen LogP contribution in [0.25, 0.3) is 0 Å². The van der Waals surface area contributed by atoms with Crippen molar-refractivity contribution in [1.82, 2.24) is 20.2 Å². The molecule has 0 atom stereocenters. The lowest BCUT2D eigenvalue weighted by atomic mass is 9.89. The zero-order chi connectivity index (χ0) is 16.4. The maximum absolute atomic E-state index is 6.20. The number of piperidine rings is 1. The van der Waals surface area contributed by atoms with Crippen molar-refractivity contribution < 1.29 is 4.74 Å². The Morgan fingerprint density at radius 2 is 1.79 bits per heavy atom. The van der Waals surface area contributed by atoms with Crippen LogP contribution in [0.15, 0.2) is 30.6 Å². The zero-order valence-electron chi connectivity index (χ0n) is 13.9. The van der Waals surface area contributed by atoms with E-state index in [1.807, 2.05) is 25.1 Å². The quantitative estimate of drug-likeness (QED) is 0.827. The van der Waals surface area contributed by atoms with Gasteiger partial charge in [0.25, 0.3) is 0 Å². The molecule has 7 heteroatoms. The van der Waals surface area contributed by atoms with Crippen LogP contribution in [0.4, 0.5) is 11.8 Å². The minimum absolute atomic E-state index is 0.105. The van der Waals surface area contributed by atoms with Gasteiger partial charge in [0.15, 0.2) is 5.82 Å². The van der Waals surface area contributed by atoms with Gasteiger partial charge in [0.05, 0.1) is 24.4 Å². The summed E-state index contributed by atoms with van der Waals surface area (Å²) in [5, 5.41) is 8.47.